The smallest absolute Gasteiger partial charge is 0.310 e. The fourth-order valence-electron chi connectivity index (χ4n) is 4.16. The first-order valence-electron chi connectivity index (χ1n) is 13.3. The molecular weight excluding hydrogens is 416 g/mol. The minimum absolute atomic E-state index is 0.0485. The number of esters is 1. The number of aromatic hydroxyl groups is 3. The van der Waals surface area contributed by atoms with Crippen molar-refractivity contribution in [2.45, 2.75) is 123 Å². The van der Waals surface area contributed by atoms with Crippen molar-refractivity contribution in [2.75, 3.05) is 6.61 Å². The molecule has 1 aromatic rings. The Bertz CT molecular complexity index is 620. The first-order valence-corrected chi connectivity index (χ1v) is 13.3. The Morgan fingerprint density at radius 3 is 1.64 bits per heavy atom. The van der Waals surface area contributed by atoms with Gasteiger partial charge in [-0.2, -0.15) is 0 Å². The molecule has 0 spiro atoms. The first kappa shape index (κ1) is 29.1. The summed E-state index contributed by atoms with van der Waals surface area (Å²) in [6, 6.07) is 2.52. The van der Waals surface area contributed by atoms with Crippen LogP contribution in [0.15, 0.2) is 12.1 Å². The van der Waals surface area contributed by atoms with Gasteiger partial charge in [-0.25, -0.2) is 0 Å². The van der Waals surface area contributed by atoms with Crippen molar-refractivity contribution in [1.82, 2.24) is 0 Å². The van der Waals surface area contributed by atoms with Crippen LogP contribution in [-0.2, 0) is 16.0 Å². The number of phenolic OH excluding ortho intramolecular Hbond substituents is 3. The van der Waals surface area contributed by atoms with Crippen LogP contribution in [0, 0.1) is 5.92 Å². The Hall–Kier alpha value is -1.91. The van der Waals surface area contributed by atoms with E-state index in [0.717, 1.165) is 12.8 Å². The fourth-order valence-corrected chi connectivity index (χ4v) is 4.16. The average Bonchev–Trinajstić information content (AvgIpc) is 2.78. The van der Waals surface area contributed by atoms with Crippen molar-refractivity contribution >= 4 is 5.97 Å². The van der Waals surface area contributed by atoms with Crippen molar-refractivity contribution in [1.29, 1.82) is 0 Å². The number of rotatable bonds is 20. The maximum Gasteiger partial charge on any atom is 0.310 e. The van der Waals surface area contributed by atoms with E-state index in [1.54, 1.807) is 0 Å². The molecule has 0 saturated heterocycles. The second-order valence-corrected chi connectivity index (χ2v) is 9.69. The van der Waals surface area contributed by atoms with Gasteiger partial charge in [-0.05, 0) is 30.0 Å². The number of ether oxygens (including phenoxy) is 1. The van der Waals surface area contributed by atoms with Gasteiger partial charge in [-0.3, -0.25) is 4.79 Å². The number of phenols is 3. The van der Waals surface area contributed by atoms with Crippen LogP contribution in [0.2, 0.25) is 0 Å². The lowest BCUT2D eigenvalue weighted by Gasteiger charge is -2.12. The Morgan fingerprint density at radius 2 is 1.18 bits per heavy atom. The van der Waals surface area contributed by atoms with Gasteiger partial charge in [0.25, 0.3) is 0 Å². The largest absolute Gasteiger partial charge is 0.504 e. The Kier molecular flexibility index (Phi) is 16.3. The van der Waals surface area contributed by atoms with Crippen LogP contribution in [0.25, 0.3) is 0 Å². The van der Waals surface area contributed by atoms with Crippen LogP contribution < -0.4 is 0 Å². The van der Waals surface area contributed by atoms with Crippen LogP contribution in [0.1, 0.15) is 122 Å². The van der Waals surface area contributed by atoms with E-state index in [9.17, 15) is 20.1 Å². The van der Waals surface area contributed by atoms with Gasteiger partial charge >= 0.3 is 5.97 Å². The van der Waals surface area contributed by atoms with E-state index in [-0.39, 0.29) is 6.42 Å². The third-order valence-electron chi connectivity index (χ3n) is 6.31. The van der Waals surface area contributed by atoms with Gasteiger partial charge in [0.05, 0.1) is 13.0 Å². The maximum atomic E-state index is 12.0. The molecular formula is C28H48O5. The first-order chi connectivity index (χ1) is 15.9. The summed E-state index contributed by atoms with van der Waals surface area (Å²) in [5.74, 6) is -1.55. The molecule has 5 heteroatoms. The van der Waals surface area contributed by atoms with Gasteiger partial charge in [-0.1, -0.05) is 110 Å². The Labute approximate surface area is 201 Å². The molecule has 5 nitrogen and oxygen atoms in total. The molecule has 1 rings (SSSR count). The molecule has 3 N–H and O–H groups in total. The fraction of sp³-hybridized carbons (Fsp3) is 0.750. The molecule has 0 aliphatic rings. The molecule has 0 aliphatic heterocycles. The van der Waals surface area contributed by atoms with Crippen molar-refractivity contribution in [2.24, 2.45) is 5.92 Å². The van der Waals surface area contributed by atoms with Crippen molar-refractivity contribution in [3.8, 4) is 17.2 Å². The maximum absolute atomic E-state index is 12.0. The molecule has 0 bridgehead atoms. The second kappa shape index (κ2) is 18.5. The van der Waals surface area contributed by atoms with E-state index in [1.807, 2.05) is 0 Å². The summed E-state index contributed by atoms with van der Waals surface area (Å²) >= 11 is 0. The van der Waals surface area contributed by atoms with Crippen LogP contribution in [0.4, 0.5) is 0 Å². The summed E-state index contributed by atoms with van der Waals surface area (Å²) < 4.78 is 5.33. The normalized spacial score (nSPS) is 12.1. The van der Waals surface area contributed by atoms with Gasteiger partial charge in [0, 0.05) is 0 Å². The third-order valence-corrected chi connectivity index (χ3v) is 6.31. The van der Waals surface area contributed by atoms with Crippen molar-refractivity contribution in [3.05, 3.63) is 17.7 Å². The molecule has 1 atom stereocenters. The summed E-state index contributed by atoms with van der Waals surface area (Å²) in [5.41, 5.74) is 0.405. The van der Waals surface area contributed by atoms with Crippen LogP contribution >= 0.6 is 0 Å². The number of carbonyl (C=O) groups excluding carboxylic acids is 1. The minimum Gasteiger partial charge on any atom is -0.504 e. The summed E-state index contributed by atoms with van der Waals surface area (Å²) in [5, 5.41) is 28.4. The number of unbranched alkanes of at least 4 members (excludes halogenated alkanes) is 14. The van der Waals surface area contributed by atoms with Gasteiger partial charge in [-0.15, -0.1) is 0 Å². The molecule has 0 radical (unpaired) electrons. The van der Waals surface area contributed by atoms with Crippen LogP contribution in [-0.4, -0.2) is 27.9 Å². The topological polar surface area (TPSA) is 87.0 Å². The Morgan fingerprint density at radius 1 is 0.758 bits per heavy atom. The molecule has 0 heterocycles. The number of benzene rings is 1. The summed E-state index contributed by atoms with van der Waals surface area (Å²) in [6.45, 7) is 4.74. The highest BCUT2D eigenvalue weighted by Gasteiger charge is 2.13. The van der Waals surface area contributed by atoms with Crippen molar-refractivity contribution < 1.29 is 24.9 Å². The highest BCUT2D eigenvalue weighted by atomic mass is 16.5. The summed E-state index contributed by atoms with van der Waals surface area (Å²) in [7, 11) is 0. The van der Waals surface area contributed by atoms with Crippen molar-refractivity contribution in [3.63, 3.8) is 0 Å². The quantitative estimate of drug-likeness (QED) is 0.104. The van der Waals surface area contributed by atoms with E-state index in [2.05, 4.69) is 13.8 Å². The van der Waals surface area contributed by atoms with E-state index < -0.39 is 23.2 Å². The van der Waals surface area contributed by atoms with Gasteiger partial charge in [0.1, 0.15) is 0 Å². The van der Waals surface area contributed by atoms with Gasteiger partial charge in [0.15, 0.2) is 17.2 Å². The van der Waals surface area contributed by atoms with Gasteiger partial charge < -0.3 is 20.1 Å². The predicted molar refractivity (Wildman–Crippen MR) is 135 cm³/mol. The van der Waals surface area contributed by atoms with Gasteiger partial charge in [0.2, 0.25) is 0 Å². The standard InChI is InChI=1S/C28H48O5/c1-3-4-5-6-7-8-9-10-11-12-13-14-15-16-17-18-23(2)22-33-27(31)21-24-19-25(29)28(32)26(30)20-24/h19-20,23,29-30,32H,3-18,21-22H2,1-2H3. The third kappa shape index (κ3) is 14.8. The molecule has 0 fully saturated rings. The van der Waals surface area contributed by atoms with Crippen LogP contribution in [0.5, 0.6) is 17.2 Å². The lowest BCUT2D eigenvalue weighted by molar-refractivity contribution is -0.144. The zero-order valence-electron chi connectivity index (χ0n) is 21.1. The summed E-state index contributed by atoms with van der Waals surface area (Å²) in [4.78, 5) is 12.0. The highest BCUT2D eigenvalue weighted by molar-refractivity contribution is 5.73. The lowest BCUT2D eigenvalue weighted by atomic mass is 10.0. The van der Waals surface area contributed by atoms with Crippen LogP contribution in [0.3, 0.4) is 0 Å². The second-order valence-electron chi connectivity index (χ2n) is 9.69. The zero-order chi connectivity index (χ0) is 24.3. The molecule has 0 aliphatic carbocycles. The molecule has 0 aromatic heterocycles. The average molecular weight is 465 g/mol. The number of hydrogen-bond acceptors (Lipinski definition) is 5. The van der Waals surface area contributed by atoms with E-state index in [0.29, 0.717) is 18.1 Å². The molecule has 1 unspecified atom stereocenters. The zero-order valence-corrected chi connectivity index (χ0v) is 21.1. The van der Waals surface area contributed by atoms with E-state index >= 15 is 0 Å². The molecule has 1 aromatic carbocycles. The monoisotopic (exact) mass is 464 g/mol. The predicted octanol–water partition coefficient (Wildman–Crippen LogP) is 7.79. The minimum atomic E-state index is -0.579. The lowest BCUT2D eigenvalue weighted by Crippen LogP contribution is -2.14. The highest BCUT2D eigenvalue weighted by Crippen LogP contribution is 2.35. The Balaban J connectivity index is 1.93. The molecule has 190 valence electrons. The summed E-state index contributed by atoms with van der Waals surface area (Å²) in [6.07, 6.45) is 21.4. The number of carbonyl (C=O) groups is 1. The number of hydrogen-bond donors (Lipinski definition) is 3. The SMILES string of the molecule is CCCCCCCCCCCCCCCCCC(C)COC(=O)Cc1cc(O)c(O)c(O)c1. The molecule has 33 heavy (non-hydrogen) atoms. The molecule has 0 saturated carbocycles. The van der Waals surface area contributed by atoms with E-state index in [1.165, 1.54) is 102 Å². The van der Waals surface area contributed by atoms with E-state index in [4.69, 9.17) is 4.74 Å². The molecule has 0 amide bonds.